The van der Waals surface area contributed by atoms with Crippen LogP contribution < -0.4 is 16.8 Å². The fraction of sp³-hybridized carbons (Fsp3) is 0.0556. The van der Waals surface area contributed by atoms with Gasteiger partial charge in [-0.05, 0) is 30.3 Å². The van der Waals surface area contributed by atoms with Crippen LogP contribution in [0.4, 0.5) is 0 Å². The highest BCUT2D eigenvalue weighted by atomic mass is 35.5. The molecule has 0 radical (unpaired) electrons. The molecule has 0 saturated heterocycles. The molecule has 0 spiro atoms. The molecule has 0 atom stereocenters. The van der Waals surface area contributed by atoms with Crippen LogP contribution in [0.2, 0.25) is 5.02 Å². The second-order valence-electron chi connectivity index (χ2n) is 5.82. The highest BCUT2D eigenvalue weighted by Crippen LogP contribution is 2.27. The molecule has 0 aliphatic heterocycles. The molecule has 0 aliphatic rings. The fourth-order valence-electron chi connectivity index (χ4n) is 3.16. The number of benzene rings is 2. The van der Waals surface area contributed by atoms with Crippen molar-refractivity contribution < 1.29 is 4.79 Å². The Morgan fingerprint density at radius 2 is 1.85 bits per heavy atom. The van der Waals surface area contributed by atoms with Gasteiger partial charge in [-0.2, -0.15) is 9.78 Å². The summed E-state index contributed by atoms with van der Waals surface area (Å²) in [6.45, 7) is 0. The zero-order chi connectivity index (χ0) is 18.4. The lowest BCUT2D eigenvalue weighted by Crippen LogP contribution is -2.34. The topological polar surface area (TPSA) is 94.9 Å². The van der Waals surface area contributed by atoms with Crippen molar-refractivity contribution in [2.45, 2.75) is 0 Å². The molecule has 26 heavy (non-hydrogen) atoms. The zero-order valence-electron chi connectivity index (χ0n) is 13.7. The van der Waals surface area contributed by atoms with Gasteiger partial charge in [0.15, 0.2) is 5.69 Å². The van der Waals surface area contributed by atoms with Crippen LogP contribution in [0.25, 0.3) is 27.5 Å². The second-order valence-corrected chi connectivity index (χ2v) is 6.25. The maximum absolute atomic E-state index is 13.2. The number of hydrogen-bond donors (Lipinski definition) is 2. The summed E-state index contributed by atoms with van der Waals surface area (Å²) in [4.78, 5) is 25.6. The Morgan fingerprint density at radius 1 is 1.15 bits per heavy atom. The van der Waals surface area contributed by atoms with Crippen molar-refractivity contribution in [1.29, 1.82) is 0 Å². The molecule has 0 aliphatic carbocycles. The van der Waals surface area contributed by atoms with Crippen molar-refractivity contribution in [2.75, 3.05) is 0 Å². The molecule has 0 unspecified atom stereocenters. The summed E-state index contributed by atoms with van der Waals surface area (Å²) in [5.41, 5.74) is 3.60. The SMILES string of the molecule is Cn1c2ccccc2c2c(=O)n(-c3ccc(Cl)cc3)nc(C(=O)NN)c21. The quantitative estimate of drug-likeness (QED) is 0.322. The van der Waals surface area contributed by atoms with Gasteiger partial charge < -0.3 is 4.57 Å². The molecule has 2 aromatic heterocycles. The van der Waals surface area contributed by atoms with Crippen LogP contribution >= 0.6 is 11.6 Å². The number of aryl methyl sites for hydroxylation is 1. The van der Waals surface area contributed by atoms with Crippen molar-refractivity contribution in [3.05, 3.63) is 69.6 Å². The fourth-order valence-corrected chi connectivity index (χ4v) is 3.29. The lowest BCUT2D eigenvalue weighted by atomic mass is 10.2. The van der Waals surface area contributed by atoms with Gasteiger partial charge in [0.2, 0.25) is 0 Å². The molecule has 7 nitrogen and oxygen atoms in total. The Balaban J connectivity index is 2.20. The first-order valence-corrected chi connectivity index (χ1v) is 8.18. The number of aromatic nitrogens is 3. The second kappa shape index (κ2) is 5.98. The van der Waals surface area contributed by atoms with E-state index in [1.165, 1.54) is 4.68 Å². The number of carbonyl (C=O) groups is 1. The third-order valence-electron chi connectivity index (χ3n) is 4.35. The minimum absolute atomic E-state index is 0.0655. The molecule has 0 fully saturated rings. The standard InChI is InChI=1S/C18H14ClN5O2/c1-23-13-5-3-2-4-12(13)14-16(23)15(17(25)21-20)22-24(18(14)26)11-8-6-10(19)7-9-11/h2-9H,20H2,1H3,(H,21,25). The van der Waals surface area contributed by atoms with Crippen LogP contribution in [0.1, 0.15) is 10.5 Å². The van der Waals surface area contributed by atoms with Gasteiger partial charge in [-0.15, -0.1) is 0 Å². The minimum Gasteiger partial charge on any atom is -0.341 e. The van der Waals surface area contributed by atoms with E-state index in [0.717, 1.165) is 10.9 Å². The minimum atomic E-state index is -0.580. The van der Waals surface area contributed by atoms with Crippen molar-refractivity contribution in [2.24, 2.45) is 12.9 Å². The predicted octanol–water partition coefficient (Wildman–Crippen LogP) is 2.13. The van der Waals surface area contributed by atoms with E-state index in [9.17, 15) is 9.59 Å². The van der Waals surface area contributed by atoms with Gasteiger partial charge in [-0.1, -0.05) is 29.8 Å². The van der Waals surface area contributed by atoms with E-state index in [-0.39, 0.29) is 11.3 Å². The highest BCUT2D eigenvalue weighted by Gasteiger charge is 2.22. The van der Waals surface area contributed by atoms with Crippen molar-refractivity contribution in [3.8, 4) is 5.69 Å². The maximum atomic E-state index is 13.2. The van der Waals surface area contributed by atoms with E-state index in [1.54, 1.807) is 35.9 Å². The number of hydrogen-bond acceptors (Lipinski definition) is 4. The van der Waals surface area contributed by atoms with Crippen molar-refractivity contribution in [3.63, 3.8) is 0 Å². The monoisotopic (exact) mass is 367 g/mol. The van der Waals surface area contributed by atoms with E-state index >= 15 is 0 Å². The summed E-state index contributed by atoms with van der Waals surface area (Å²) in [7, 11) is 1.78. The molecule has 3 N–H and O–H groups in total. The van der Waals surface area contributed by atoms with Crippen LogP contribution in [0.5, 0.6) is 0 Å². The Labute approximate surface area is 152 Å². The van der Waals surface area contributed by atoms with E-state index in [0.29, 0.717) is 21.6 Å². The van der Waals surface area contributed by atoms with Crippen molar-refractivity contribution in [1.82, 2.24) is 19.8 Å². The molecule has 2 heterocycles. The number of nitrogens with one attached hydrogen (secondary N) is 1. The number of hydrazine groups is 1. The van der Waals surface area contributed by atoms with Crippen LogP contribution in [-0.2, 0) is 7.05 Å². The molecule has 0 bridgehead atoms. The summed E-state index contributed by atoms with van der Waals surface area (Å²) in [6.07, 6.45) is 0. The number of para-hydroxylation sites is 1. The molecular weight excluding hydrogens is 354 g/mol. The summed E-state index contributed by atoms with van der Waals surface area (Å²) < 4.78 is 2.96. The Kier molecular flexibility index (Phi) is 3.75. The van der Waals surface area contributed by atoms with Crippen molar-refractivity contribution >= 4 is 39.3 Å². The molecular formula is C18H14ClN5O2. The number of carbonyl (C=O) groups excluding carboxylic acids is 1. The van der Waals surface area contributed by atoms with E-state index in [1.807, 2.05) is 24.3 Å². The summed E-state index contributed by atoms with van der Waals surface area (Å²) in [6, 6.07) is 14.1. The number of nitrogen functional groups attached to an aromatic ring is 1. The van der Waals surface area contributed by atoms with Crippen LogP contribution in [0.3, 0.4) is 0 Å². The lowest BCUT2D eigenvalue weighted by molar-refractivity contribution is 0.0948. The molecule has 1 amide bonds. The third-order valence-corrected chi connectivity index (χ3v) is 4.61. The van der Waals surface area contributed by atoms with E-state index in [2.05, 4.69) is 10.5 Å². The summed E-state index contributed by atoms with van der Waals surface area (Å²) >= 11 is 5.93. The summed E-state index contributed by atoms with van der Waals surface area (Å²) in [5, 5.41) is 5.96. The third kappa shape index (κ3) is 2.29. The van der Waals surface area contributed by atoms with Gasteiger partial charge in [-0.3, -0.25) is 15.0 Å². The lowest BCUT2D eigenvalue weighted by Gasteiger charge is -2.09. The van der Waals surface area contributed by atoms with Gasteiger partial charge in [0.25, 0.3) is 11.5 Å². The zero-order valence-corrected chi connectivity index (χ0v) is 14.5. The van der Waals surface area contributed by atoms with E-state index < -0.39 is 5.91 Å². The number of rotatable bonds is 2. The Bertz CT molecular complexity index is 1220. The first-order valence-electron chi connectivity index (χ1n) is 7.80. The van der Waals surface area contributed by atoms with Crippen LogP contribution in [-0.4, -0.2) is 20.3 Å². The number of nitrogens with zero attached hydrogens (tertiary/aromatic N) is 3. The van der Waals surface area contributed by atoms with Gasteiger partial charge in [0.05, 0.1) is 16.6 Å². The summed E-state index contributed by atoms with van der Waals surface area (Å²) in [5.74, 6) is 4.75. The molecule has 4 aromatic rings. The van der Waals surface area contributed by atoms with Crippen LogP contribution in [0.15, 0.2) is 53.3 Å². The highest BCUT2D eigenvalue weighted by molar-refractivity contribution is 6.30. The van der Waals surface area contributed by atoms with Gasteiger partial charge >= 0.3 is 0 Å². The molecule has 0 saturated carbocycles. The average Bonchev–Trinajstić information content (AvgIpc) is 2.96. The van der Waals surface area contributed by atoms with Gasteiger partial charge in [0.1, 0.15) is 0 Å². The average molecular weight is 368 g/mol. The molecule has 2 aromatic carbocycles. The van der Waals surface area contributed by atoms with E-state index in [4.69, 9.17) is 17.4 Å². The molecule has 130 valence electrons. The number of halogens is 1. The first kappa shape index (κ1) is 16.3. The maximum Gasteiger partial charge on any atom is 0.287 e. The van der Waals surface area contributed by atoms with Gasteiger partial charge in [-0.25, -0.2) is 5.84 Å². The number of nitrogens with two attached hydrogens (primary N) is 1. The smallest absolute Gasteiger partial charge is 0.287 e. The first-order chi connectivity index (χ1) is 12.5. The van der Waals surface area contributed by atoms with Gasteiger partial charge in [0, 0.05) is 23.0 Å². The molecule has 8 heteroatoms. The Morgan fingerprint density at radius 3 is 2.54 bits per heavy atom. The largest absolute Gasteiger partial charge is 0.341 e. The normalized spacial score (nSPS) is 11.2. The number of fused-ring (bicyclic) bond motifs is 3. The predicted molar refractivity (Wildman–Crippen MR) is 100 cm³/mol. The molecule has 4 rings (SSSR count). The van der Waals surface area contributed by atoms with Crippen LogP contribution in [0, 0.1) is 0 Å². The Hall–Kier alpha value is -3.16. The number of amides is 1.